The van der Waals surface area contributed by atoms with Gasteiger partial charge in [0, 0.05) is 14.3 Å². The molecule has 2 aromatic heterocycles. The Labute approximate surface area is 277 Å². The first-order valence-corrected chi connectivity index (χ1v) is 13.2. The molecule has 1 aliphatic heterocycles. The van der Waals surface area contributed by atoms with Crippen LogP contribution in [0.1, 0.15) is 6.23 Å². The standard InChI is InChI=1S/C11H14IN4O13P3.3Na/c12-4-1-16(10-6(4)9(13)14-3-15-10)11-8(18)7(17)5(26-11)2-25-30(20)28-32(23,24)29-31(21,22)27-19;;;/h1,3,5,7-8,11,17-18H,2H2,(H4-,13,14,15,19,21,22,23,24);;;/q;3*+1/p-2/t5-,7-,8-,11-;;;/m1.../s1. The van der Waals surface area contributed by atoms with Gasteiger partial charge in [0.05, 0.1) is 5.39 Å². The van der Waals surface area contributed by atoms with E-state index in [2.05, 4.69) is 27.8 Å². The molecule has 1 fully saturated rings. The van der Waals surface area contributed by atoms with Crippen molar-refractivity contribution in [3.8, 4) is 0 Å². The number of aromatic nitrogens is 3. The van der Waals surface area contributed by atoms with Gasteiger partial charge >= 0.3 is 105 Å². The van der Waals surface area contributed by atoms with Gasteiger partial charge in [-0.25, -0.2) is 14.3 Å². The van der Waals surface area contributed by atoms with Crippen LogP contribution in [-0.2, 0) is 36.3 Å². The number of fused-ring (bicyclic) bond motifs is 1. The number of nitrogens with zero attached hydrogens (tertiary/aromatic N) is 3. The molecule has 3 heterocycles. The maximum absolute atomic E-state index is 11.6. The number of hydrogen-bond acceptors (Lipinski definition) is 16. The second-order valence-electron chi connectivity index (χ2n) is 6.04. The Balaban J connectivity index is 0.00000385. The molecule has 35 heavy (non-hydrogen) atoms. The smallest absolute Gasteiger partial charge is 0.756 e. The fraction of sp³-hybridized carbons (Fsp3) is 0.455. The number of rotatable bonds is 9. The number of nitrogen functional groups attached to an aromatic ring is 1. The molecular formula is C11H12IN4Na3O13P3+. The van der Waals surface area contributed by atoms with Gasteiger partial charge in [-0.3, -0.25) is 9.13 Å². The maximum Gasteiger partial charge on any atom is 1.00 e. The minimum Gasteiger partial charge on any atom is -0.756 e. The molecule has 17 nitrogen and oxygen atoms in total. The number of phosphoric acid groups is 2. The Morgan fingerprint density at radius 3 is 2.43 bits per heavy atom. The molecule has 3 unspecified atom stereocenters. The first-order valence-electron chi connectivity index (χ1n) is 8.08. The average Bonchev–Trinajstić information content (AvgIpc) is 3.17. The maximum atomic E-state index is 11.6. The molecule has 3 rings (SSSR count). The number of anilines is 1. The van der Waals surface area contributed by atoms with Gasteiger partial charge in [0.15, 0.2) is 6.23 Å². The van der Waals surface area contributed by atoms with Gasteiger partial charge in [-0.2, -0.15) is 0 Å². The molecule has 2 aromatic rings. The zero-order valence-electron chi connectivity index (χ0n) is 18.2. The van der Waals surface area contributed by atoms with E-state index in [4.69, 9.17) is 10.5 Å². The van der Waals surface area contributed by atoms with Crippen molar-refractivity contribution in [2.24, 2.45) is 0 Å². The Kier molecular flexibility index (Phi) is 16.4. The van der Waals surface area contributed by atoms with E-state index in [1.807, 2.05) is 22.6 Å². The van der Waals surface area contributed by atoms with E-state index in [9.17, 15) is 39.0 Å². The van der Waals surface area contributed by atoms with Crippen LogP contribution in [0.15, 0.2) is 12.5 Å². The summed E-state index contributed by atoms with van der Waals surface area (Å²) in [7, 11) is -15.2. The molecule has 0 saturated carbocycles. The van der Waals surface area contributed by atoms with Crippen molar-refractivity contribution in [1.29, 1.82) is 0 Å². The molecule has 0 aliphatic carbocycles. The molecule has 0 bridgehead atoms. The number of halogens is 1. The van der Waals surface area contributed by atoms with Crippen LogP contribution in [0.25, 0.3) is 11.0 Å². The molecule has 1 saturated heterocycles. The van der Waals surface area contributed by atoms with E-state index >= 15 is 0 Å². The van der Waals surface area contributed by atoms with Crippen LogP contribution in [0.4, 0.5) is 5.82 Å². The summed E-state index contributed by atoms with van der Waals surface area (Å²) in [5.41, 5.74) is 6.12. The third-order valence-corrected chi connectivity index (χ3v) is 8.30. The molecule has 0 aromatic carbocycles. The van der Waals surface area contributed by atoms with Gasteiger partial charge in [-0.05, 0) is 26.9 Å². The quantitative estimate of drug-likeness (QED) is 0.0722. The zero-order valence-corrected chi connectivity index (χ0v) is 29.0. The first kappa shape index (κ1) is 37.3. The van der Waals surface area contributed by atoms with Crippen molar-refractivity contribution in [3.63, 3.8) is 0 Å². The van der Waals surface area contributed by atoms with Crippen LogP contribution in [-0.4, -0.2) is 49.7 Å². The van der Waals surface area contributed by atoms with E-state index in [0.29, 0.717) is 14.6 Å². The van der Waals surface area contributed by atoms with Crippen LogP contribution in [0, 0.1) is 3.57 Å². The van der Waals surface area contributed by atoms with E-state index in [1.54, 1.807) is 0 Å². The summed E-state index contributed by atoms with van der Waals surface area (Å²) in [6, 6.07) is 0. The van der Waals surface area contributed by atoms with Crippen molar-refractivity contribution in [1.82, 2.24) is 14.5 Å². The van der Waals surface area contributed by atoms with E-state index < -0.39 is 55.0 Å². The predicted molar refractivity (Wildman–Crippen MR) is 103 cm³/mol. The number of ether oxygens (including phenoxy) is 1. The molecule has 0 amide bonds. The normalized spacial score (nSPS) is 25.5. The largest absolute Gasteiger partial charge is 1.00 e. The van der Waals surface area contributed by atoms with Gasteiger partial charge < -0.3 is 45.0 Å². The average molecular weight is 697 g/mol. The minimum absolute atomic E-state index is 0. The number of aliphatic hydroxyl groups excluding tert-OH is 2. The molecule has 7 atom stereocenters. The third kappa shape index (κ3) is 9.43. The van der Waals surface area contributed by atoms with E-state index in [-0.39, 0.29) is 94.5 Å². The van der Waals surface area contributed by atoms with E-state index in [0.717, 1.165) is 0 Å². The molecule has 0 radical (unpaired) electrons. The van der Waals surface area contributed by atoms with Gasteiger partial charge in [0.25, 0.3) is 7.82 Å². The van der Waals surface area contributed by atoms with Crippen LogP contribution in [0.2, 0.25) is 0 Å². The number of nitrogens with two attached hydrogens (primary N) is 1. The van der Waals surface area contributed by atoms with Crippen LogP contribution in [0.3, 0.4) is 0 Å². The summed E-state index contributed by atoms with van der Waals surface area (Å²) in [5, 5.41) is 30.9. The van der Waals surface area contributed by atoms with Crippen LogP contribution in [0.5, 0.6) is 0 Å². The Morgan fingerprint density at radius 1 is 1.20 bits per heavy atom. The summed E-state index contributed by atoms with van der Waals surface area (Å²) >= 11 is 1.96. The zero-order chi connectivity index (χ0) is 23.8. The van der Waals surface area contributed by atoms with Crippen molar-refractivity contribution in [2.75, 3.05) is 12.3 Å². The molecule has 24 heteroatoms. The van der Waals surface area contributed by atoms with Gasteiger partial charge in [-0.1, -0.05) is 0 Å². The summed E-state index contributed by atoms with van der Waals surface area (Å²) in [6.45, 7) is -0.759. The van der Waals surface area contributed by atoms with Crippen LogP contribution >= 0.6 is 46.5 Å². The minimum atomic E-state index is -5.81. The van der Waals surface area contributed by atoms with Gasteiger partial charge in [-0.15, -0.1) is 4.52 Å². The number of hydrogen-bond donors (Lipinski definition) is 3. The summed E-state index contributed by atoms with van der Waals surface area (Å²) in [5.74, 6) is 0.175. The predicted octanol–water partition coefficient (Wildman–Crippen LogP) is -10.8. The van der Waals surface area contributed by atoms with Crippen molar-refractivity contribution in [3.05, 3.63) is 16.1 Å². The fourth-order valence-electron chi connectivity index (χ4n) is 2.74. The van der Waals surface area contributed by atoms with E-state index in [1.165, 1.54) is 17.1 Å². The number of aliphatic hydroxyl groups is 2. The molecular weight excluding hydrogens is 685 g/mol. The van der Waals surface area contributed by atoms with Gasteiger partial charge in [0.2, 0.25) is 0 Å². The van der Waals surface area contributed by atoms with Crippen molar-refractivity contribution < 1.29 is 150 Å². The second kappa shape index (κ2) is 15.3. The topological polar surface area (TPSA) is 264 Å². The second-order valence-corrected chi connectivity index (χ2v) is 11.2. The Hall–Kier alpha value is 2.31. The van der Waals surface area contributed by atoms with Crippen LogP contribution < -0.4 is 109 Å². The summed E-state index contributed by atoms with van der Waals surface area (Å²) < 4.78 is 55.5. The Morgan fingerprint density at radius 2 is 1.83 bits per heavy atom. The monoisotopic (exact) mass is 697 g/mol. The molecule has 178 valence electrons. The van der Waals surface area contributed by atoms with Crippen molar-refractivity contribution in [2.45, 2.75) is 24.5 Å². The SMILES string of the molecule is Nc1ncnc2c1c(I)cn2[C@@H]1O[C@H](CO[P+](=O)OP(=O)([O-])OP(=O)([O-])O[O-])[C@@H](O)[C@H]1O.[Na+].[Na+].[Na+]. The molecule has 0 spiro atoms. The molecule has 4 N–H and O–H groups in total. The summed E-state index contributed by atoms with van der Waals surface area (Å²) in [6.07, 6.45) is -2.88. The Bertz CT molecular complexity index is 1130. The van der Waals surface area contributed by atoms with Crippen molar-refractivity contribution >= 4 is 63.3 Å². The fourth-order valence-corrected chi connectivity index (χ4v) is 6.15. The first-order chi connectivity index (χ1) is 14.8. The molecule has 1 aliphatic rings. The third-order valence-electron chi connectivity index (χ3n) is 4.01. The van der Waals surface area contributed by atoms with Gasteiger partial charge in [0.1, 0.15) is 42.7 Å². The summed E-state index contributed by atoms with van der Waals surface area (Å²) in [4.78, 5) is 30.0.